The number of benzene rings is 2. The van der Waals surface area contributed by atoms with Crippen molar-refractivity contribution in [1.29, 1.82) is 0 Å². The second-order valence-corrected chi connectivity index (χ2v) is 5.22. The number of carbonyl (C=O) groups excluding carboxylic acids is 1. The van der Waals surface area contributed by atoms with Gasteiger partial charge in [0.1, 0.15) is 11.5 Å². The molecule has 22 heavy (non-hydrogen) atoms. The number of ether oxygens (including phenoxy) is 1. The summed E-state index contributed by atoms with van der Waals surface area (Å²) in [5.41, 5.74) is 0.626. The third-order valence-electron chi connectivity index (χ3n) is 3.55. The summed E-state index contributed by atoms with van der Waals surface area (Å²) in [5.74, 6) is -0.713. The molecule has 2 aromatic rings. The summed E-state index contributed by atoms with van der Waals surface area (Å²) >= 11 is 0. The third kappa shape index (κ3) is 3.25. The van der Waals surface area contributed by atoms with Gasteiger partial charge in [0.15, 0.2) is 0 Å². The summed E-state index contributed by atoms with van der Waals surface area (Å²) in [6.07, 6.45) is 0.413. The number of nitrogens with one attached hydrogen (secondary N) is 1. The van der Waals surface area contributed by atoms with Crippen LogP contribution in [0.5, 0.6) is 11.5 Å². The van der Waals surface area contributed by atoms with E-state index in [9.17, 15) is 9.59 Å². The molecule has 2 N–H and O–H groups in total. The van der Waals surface area contributed by atoms with Crippen LogP contribution in [-0.4, -0.2) is 17.0 Å². The SMILES string of the molecule is O=C(O)C1CC1C(=O)Nc1ccc(Oc2ccccc2)cc1. The van der Waals surface area contributed by atoms with Gasteiger partial charge < -0.3 is 15.2 Å². The highest BCUT2D eigenvalue weighted by atomic mass is 16.5. The van der Waals surface area contributed by atoms with Crippen LogP contribution in [0.25, 0.3) is 0 Å². The molecule has 2 aromatic carbocycles. The summed E-state index contributed by atoms with van der Waals surface area (Å²) in [5, 5.41) is 11.5. The maximum absolute atomic E-state index is 11.9. The predicted molar refractivity (Wildman–Crippen MR) is 80.8 cm³/mol. The number of hydrogen-bond acceptors (Lipinski definition) is 3. The van der Waals surface area contributed by atoms with Crippen LogP contribution in [0, 0.1) is 11.8 Å². The lowest BCUT2D eigenvalue weighted by molar-refractivity contribution is -0.139. The highest BCUT2D eigenvalue weighted by Crippen LogP contribution is 2.39. The summed E-state index contributed by atoms with van der Waals surface area (Å²) < 4.78 is 5.66. The molecule has 1 aliphatic rings. The van der Waals surface area contributed by atoms with Crippen LogP contribution in [0.4, 0.5) is 5.69 Å². The minimum atomic E-state index is -0.910. The van der Waals surface area contributed by atoms with Crippen LogP contribution in [0.3, 0.4) is 0 Å². The van der Waals surface area contributed by atoms with E-state index >= 15 is 0 Å². The fraction of sp³-hybridized carbons (Fsp3) is 0.176. The molecule has 0 aromatic heterocycles. The lowest BCUT2D eigenvalue weighted by Crippen LogP contribution is -2.16. The Morgan fingerprint density at radius 3 is 2.18 bits per heavy atom. The first kappa shape index (κ1) is 14.1. The molecule has 2 atom stereocenters. The number of anilines is 1. The maximum Gasteiger partial charge on any atom is 0.307 e. The van der Waals surface area contributed by atoms with Gasteiger partial charge in [-0.25, -0.2) is 0 Å². The molecule has 0 radical (unpaired) electrons. The number of aliphatic carboxylic acids is 1. The van der Waals surface area contributed by atoms with Gasteiger partial charge in [-0.05, 0) is 42.8 Å². The summed E-state index contributed by atoms with van der Waals surface area (Å²) in [7, 11) is 0. The smallest absolute Gasteiger partial charge is 0.307 e. The molecule has 0 saturated heterocycles. The number of amides is 1. The minimum absolute atomic E-state index is 0.246. The molecule has 1 amide bonds. The van der Waals surface area contributed by atoms with Gasteiger partial charge in [-0.3, -0.25) is 9.59 Å². The summed E-state index contributed by atoms with van der Waals surface area (Å²) in [6, 6.07) is 16.4. The molecule has 1 fully saturated rings. The highest BCUT2D eigenvalue weighted by Gasteiger charge is 2.48. The molecule has 0 aliphatic heterocycles. The van der Waals surface area contributed by atoms with E-state index in [0.29, 0.717) is 17.9 Å². The number of carbonyl (C=O) groups is 2. The molecule has 5 nitrogen and oxygen atoms in total. The van der Waals surface area contributed by atoms with Crippen LogP contribution in [0.1, 0.15) is 6.42 Å². The number of carboxylic acid groups (broad SMARTS) is 1. The summed E-state index contributed by atoms with van der Waals surface area (Å²) in [6.45, 7) is 0. The number of para-hydroxylation sites is 1. The minimum Gasteiger partial charge on any atom is -0.481 e. The van der Waals surface area contributed by atoms with Crippen molar-refractivity contribution in [2.24, 2.45) is 11.8 Å². The molecule has 1 aliphatic carbocycles. The Kier molecular flexibility index (Phi) is 3.78. The fourth-order valence-corrected chi connectivity index (χ4v) is 2.22. The van der Waals surface area contributed by atoms with Crippen molar-refractivity contribution in [3.8, 4) is 11.5 Å². The Balaban J connectivity index is 1.58. The van der Waals surface area contributed by atoms with Crippen LogP contribution in [-0.2, 0) is 9.59 Å². The molecular weight excluding hydrogens is 282 g/mol. The van der Waals surface area contributed by atoms with Gasteiger partial charge in [0.25, 0.3) is 0 Å². The lowest BCUT2D eigenvalue weighted by Gasteiger charge is -2.07. The Morgan fingerprint density at radius 2 is 1.59 bits per heavy atom. The Hall–Kier alpha value is -2.82. The molecule has 5 heteroatoms. The number of carboxylic acids is 1. The zero-order valence-corrected chi connectivity index (χ0v) is 11.7. The van der Waals surface area contributed by atoms with Crippen molar-refractivity contribution in [2.45, 2.75) is 6.42 Å². The quantitative estimate of drug-likeness (QED) is 0.889. The second-order valence-electron chi connectivity index (χ2n) is 5.22. The van der Waals surface area contributed by atoms with Crippen LogP contribution in [0.2, 0.25) is 0 Å². The Morgan fingerprint density at radius 1 is 0.955 bits per heavy atom. The first-order valence-electron chi connectivity index (χ1n) is 7.00. The van der Waals surface area contributed by atoms with E-state index in [-0.39, 0.29) is 5.91 Å². The third-order valence-corrected chi connectivity index (χ3v) is 3.55. The largest absolute Gasteiger partial charge is 0.481 e. The van der Waals surface area contributed by atoms with Crippen molar-refractivity contribution in [2.75, 3.05) is 5.32 Å². The molecule has 112 valence electrons. The van der Waals surface area contributed by atoms with E-state index in [1.807, 2.05) is 30.3 Å². The predicted octanol–water partition coefficient (Wildman–Crippen LogP) is 3.14. The van der Waals surface area contributed by atoms with Crippen molar-refractivity contribution in [1.82, 2.24) is 0 Å². The van der Waals surface area contributed by atoms with Gasteiger partial charge in [-0.2, -0.15) is 0 Å². The van der Waals surface area contributed by atoms with Gasteiger partial charge in [-0.1, -0.05) is 18.2 Å². The van der Waals surface area contributed by atoms with Crippen molar-refractivity contribution >= 4 is 17.6 Å². The van der Waals surface area contributed by atoms with Gasteiger partial charge >= 0.3 is 5.97 Å². The van der Waals surface area contributed by atoms with Gasteiger partial charge in [-0.15, -0.1) is 0 Å². The number of hydrogen-bond donors (Lipinski definition) is 2. The van der Waals surface area contributed by atoms with E-state index in [1.165, 1.54) is 0 Å². The van der Waals surface area contributed by atoms with E-state index in [4.69, 9.17) is 9.84 Å². The molecule has 2 unspecified atom stereocenters. The van der Waals surface area contributed by atoms with Crippen molar-refractivity contribution in [3.63, 3.8) is 0 Å². The molecular formula is C17H15NO4. The van der Waals surface area contributed by atoms with Crippen molar-refractivity contribution in [3.05, 3.63) is 54.6 Å². The van der Waals surface area contributed by atoms with Gasteiger partial charge in [0.2, 0.25) is 5.91 Å². The van der Waals surface area contributed by atoms with Crippen molar-refractivity contribution < 1.29 is 19.4 Å². The number of rotatable bonds is 5. The molecule has 0 heterocycles. The van der Waals surface area contributed by atoms with Gasteiger partial charge in [0.05, 0.1) is 11.8 Å². The van der Waals surface area contributed by atoms with E-state index < -0.39 is 17.8 Å². The normalized spacial score (nSPS) is 19.3. The fourth-order valence-electron chi connectivity index (χ4n) is 2.22. The van der Waals surface area contributed by atoms with E-state index in [1.54, 1.807) is 24.3 Å². The topological polar surface area (TPSA) is 75.6 Å². The standard InChI is InChI=1S/C17H15NO4/c19-16(14-10-15(14)17(20)21)18-11-6-8-13(9-7-11)22-12-4-2-1-3-5-12/h1-9,14-15H,10H2,(H,18,19)(H,20,21). The first-order chi connectivity index (χ1) is 10.6. The second kappa shape index (κ2) is 5.89. The highest BCUT2D eigenvalue weighted by molar-refractivity contribution is 5.98. The Labute approximate surface area is 127 Å². The van der Waals surface area contributed by atoms with Crippen LogP contribution < -0.4 is 10.1 Å². The zero-order chi connectivity index (χ0) is 15.5. The molecule has 0 bridgehead atoms. The van der Waals surface area contributed by atoms with Crippen LogP contribution >= 0.6 is 0 Å². The van der Waals surface area contributed by atoms with Crippen LogP contribution in [0.15, 0.2) is 54.6 Å². The summed E-state index contributed by atoms with van der Waals surface area (Å²) in [4.78, 5) is 22.6. The molecule has 3 rings (SSSR count). The monoisotopic (exact) mass is 297 g/mol. The average molecular weight is 297 g/mol. The molecule has 0 spiro atoms. The zero-order valence-electron chi connectivity index (χ0n) is 11.7. The van der Waals surface area contributed by atoms with E-state index in [2.05, 4.69) is 5.32 Å². The first-order valence-corrected chi connectivity index (χ1v) is 7.00. The average Bonchev–Trinajstić information content (AvgIpc) is 3.31. The lowest BCUT2D eigenvalue weighted by atomic mass is 10.2. The van der Waals surface area contributed by atoms with E-state index in [0.717, 1.165) is 5.75 Å². The maximum atomic E-state index is 11.9. The molecule has 1 saturated carbocycles. The van der Waals surface area contributed by atoms with Gasteiger partial charge in [0, 0.05) is 5.69 Å². The Bertz CT molecular complexity index is 682.